The van der Waals surface area contributed by atoms with E-state index in [1.807, 2.05) is 6.92 Å². The highest BCUT2D eigenvalue weighted by atomic mass is 19.3. The van der Waals surface area contributed by atoms with Crippen molar-refractivity contribution in [1.82, 2.24) is 9.55 Å². The van der Waals surface area contributed by atoms with Gasteiger partial charge >= 0.3 is 0 Å². The number of aliphatic hydroxyl groups is 1. The van der Waals surface area contributed by atoms with Crippen molar-refractivity contribution in [3.63, 3.8) is 0 Å². The summed E-state index contributed by atoms with van der Waals surface area (Å²) in [5.41, 5.74) is 0. The predicted molar refractivity (Wildman–Crippen MR) is 48.2 cm³/mol. The van der Waals surface area contributed by atoms with Gasteiger partial charge < -0.3 is 9.67 Å². The van der Waals surface area contributed by atoms with Crippen molar-refractivity contribution < 1.29 is 13.9 Å². The van der Waals surface area contributed by atoms with Gasteiger partial charge in [-0.05, 0) is 6.42 Å². The molecule has 0 aromatic carbocycles. The molecular formula is C9H14F2N2O. The van der Waals surface area contributed by atoms with Crippen molar-refractivity contribution in [2.75, 3.05) is 0 Å². The van der Waals surface area contributed by atoms with Crippen LogP contribution in [0, 0.1) is 0 Å². The number of nitrogens with zero attached hydrogens (tertiary/aromatic N) is 2. The van der Waals surface area contributed by atoms with E-state index in [9.17, 15) is 8.78 Å². The molecule has 0 aliphatic heterocycles. The lowest BCUT2D eigenvalue weighted by atomic mass is 10.2. The second-order valence-corrected chi connectivity index (χ2v) is 3.14. The van der Waals surface area contributed by atoms with Crippen molar-refractivity contribution in [2.45, 2.75) is 38.8 Å². The number of rotatable bonds is 5. The molecule has 3 nitrogen and oxygen atoms in total. The molecule has 1 atom stereocenters. The molecule has 0 aliphatic carbocycles. The Balaban J connectivity index is 2.61. The van der Waals surface area contributed by atoms with Crippen LogP contribution in [0.15, 0.2) is 12.4 Å². The van der Waals surface area contributed by atoms with Gasteiger partial charge in [0.25, 0.3) is 6.43 Å². The van der Waals surface area contributed by atoms with Crippen LogP contribution in [0.25, 0.3) is 0 Å². The minimum absolute atomic E-state index is 0.0926. The van der Waals surface area contributed by atoms with Crippen LogP contribution < -0.4 is 0 Å². The van der Waals surface area contributed by atoms with E-state index in [0.717, 1.165) is 13.0 Å². The summed E-state index contributed by atoms with van der Waals surface area (Å²) in [5.74, 6) is 0.514. The van der Waals surface area contributed by atoms with Gasteiger partial charge in [-0.3, -0.25) is 0 Å². The Hall–Kier alpha value is -0.970. The number of alkyl halides is 2. The Morgan fingerprint density at radius 2 is 2.29 bits per heavy atom. The van der Waals surface area contributed by atoms with Crippen molar-refractivity contribution in [3.8, 4) is 0 Å². The second-order valence-electron chi connectivity index (χ2n) is 3.14. The van der Waals surface area contributed by atoms with Gasteiger partial charge in [-0.1, -0.05) is 6.92 Å². The third-order valence-electron chi connectivity index (χ3n) is 1.95. The molecule has 1 unspecified atom stereocenters. The fourth-order valence-electron chi connectivity index (χ4n) is 1.25. The van der Waals surface area contributed by atoms with Gasteiger partial charge in [0.15, 0.2) is 0 Å². The highest BCUT2D eigenvalue weighted by molar-refractivity contribution is 4.94. The molecule has 0 saturated carbocycles. The second kappa shape index (κ2) is 5.05. The first-order valence-electron chi connectivity index (χ1n) is 4.61. The first-order valence-corrected chi connectivity index (χ1v) is 4.61. The van der Waals surface area contributed by atoms with Crippen molar-refractivity contribution in [3.05, 3.63) is 18.2 Å². The Bertz CT molecular complexity index is 276. The largest absolute Gasteiger partial charge is 0.387 e. The molecule has 0 saturated heterocycles. The van der Waals surface area contributed by atoms with E-state index >= 15 is 0 Å². The normalized spacial score (nSPS) is 13.5. The standard InChI is InChI=1S/C9H14F2N2O/c1-2-4-13-5-3-12-8(13)6-7(14)9(10)11/h3,5,7,9,14H,2,4,6H2,1H3. The van der Waals surface area contributed by atoms with Gasteiger partial charge in [0.2, 0.25) is 0 Å². The molecule has 1 aromatic rings. The van der Waals surface area contributed by atoms with Crippen LogP contribution in [0.4, 0.5) is 8.78 Å². The van der Waals surface area contributed by atoms with Gasteiger partial charge in [0, 0.05) is 25.4 Å². The average Bonchev–Trinajstić information content (AvgIpc) is 2.53. The van der Waals surface area contributed by atoms with Crippen molar-refractivity contribution in [2.24, 2.45) is 0 Å². The molecule has 14 heavy (non-hydrogen) atoms. The van der Waals surface area contributed by atoms with Crippen molar-refractivity contribution >= 4 is 0 Å². The van der Waals surface area contributed by atoms with Crippen LogP contribution >= 0.6 is 0 Å². The Morgan fingerprint density at radius 3 is 2.86 bits per heavy atom. The predicted octanol–water partition coefficient (Wildman–Crippen LogP) is 1.46. The number of aryl methyl sites for hydroxylation is 1. The molecule has 0 bridgehead atoms. The quantitative estimate of drug-likeness (QED) is 0.788. The van der Waals surface area contributed by atoms with Crippen LogP contribution in [-0.4, -0.2) is 27.2 Å². The number of aliphatic hydroxyl groups excluding tert-OH is 1. The Labute approximate surface area is 81.4 Å². The van der Waals surface area contributed by atoms with Gasteiger partial charge in [-0.15, -0.1) is 0 Å². The maximum atomic E-state index is 12.1. The summed E-state index contributed by atoms with van der Waals surface area (Å²) in [4.78, 5) is 3.93. The molecule has 0 spiro atoms. The van der Waals surface area contributed by atoms with E-state index in [0.29, 0.717) is 5.82 Å². The number of hydrogen-bond donors (Lipinski definition) is 1. The molecule has 80 valence electrons. The zero-order valence-electron chi connectivity index (χ0n) is 8.03. The summed E-state index contributed by atoms with van der Waals surface area (Å²) in [5, 5.41) is 8.99. The number of aromatic nitrogens is 2. The smallest absolute Gasteiger partial charge is 0.264 e. The Kier molecular flexibility index (Phi) is 4.00. The first kappa shape index (κ1) is 11.1. The molecule has 0 fully saturated rings. The third-order valence-corrected chi connectivity index (χ3v) is 1.95. The minimum Gasteiger partial charge on any atom is -0.387 e. The van der Waals surface area contributed by atoms with E-state index in [1.54, 1.807) is 17.0 Å². The summed E-state index contributed by atoms with van der Waals surface area (Å²) >= 11 is 0. The molecule has 0 radical (unpaired) electrons. The summed E-state index contributed by atoms with van der Waals surface area (Å²) in [6.07, 6.45) is -0.214. The molecule has 1 aromatic heterocycles. The Morgan fingerprint density at radius 1 is 1.57 bits per heavy atom. The monoisotopic (exact) mass is 204 g/mol. The summed E-state index contributed by atoms with van der Waals surface area (Å²) in [6, 6.07) is 0. The molecule has 0 amide bonds. The zero-order valence-corrected chi connectivity index (χ0v) is 8.03. The molecule has 1 rings (SSSR count). The lowest BCUT2D eigenvalue weighted by Gasteiger charge is -2.10. The highest BCUT2D eigenvalue weighted by Gasteiger charge is 2.19. The fourth-order valence-corrected chi connectivity index (χ4v) is 1.25. The van der Waals surface area contributed by atoms with Gasteiger partial charge in [0.1, 0.15) is 11.9 Å². The van der Waals surface area contributed by atoms with E-state index in [-0.39, 0.29) is 6.42 Å². The highest BCUT2D eigenvalue weighted by Crippen LogP contribution is 2.08. The lowest BCUT2D eigenvalue weighted by molar-refractivity contribution is -0.00512. The topological polar surface area (TPSA) is 38.0 Å². The molecule has 1 heterocycles. The van der Waals surface area contributed by atoms with Gasteiger partial charge in [0.05, 0.1) is 0 Å². The SMILES string of the molecule is CCCn1ccnc1CC(O)C(F)F. The molecule has 0 aliphatic rings. The van der Waals surface area contributed by atoms with Gasteiger partial charge in [-0.2, -0.15) is 0 Å². The molecule has 1 N–H and O–H groups in total. The molecule has 5 heteroatoms. The lowest BCUT2D eigenvalue weighted by Crippen LogP contribution is -2.22. The first-order chi connectivity index (χ1) is 6.65. The minimum atomic E-state index is -2.71. The van der Waals surface area contributed by atoms with E-state index in [4.69, 9.17) is 5.11 Å². The molecular weight excluding hydrogens is 190 g/mol. The van der Waals surface area contributed by atoms with Crippen LogP contribution in [0.2, 0.25) is 0 Å². The maximum absolute atomic E-state index is 12.1. The van der Waals surface area contributed by atoms with Crippen LogP contribution in [0.5, 0.6) is 0 Å². The van der Waals surface area contributed by atoms with Crippen LogP contribution in [0.1, 0.15) is 19.2 Å². The van der Waals surface area contributed by atoms with Crippen molar-refractivity contribution in [1.29, 1.82) is 0 Å². The maximum Gasteiger partial charge on any atom is 0.264 e. The number of imidazole rings is 1. The fraction of sp³-hybridized carbons (Fsp3) is 0.667. The van der Waals surface area contributed by atoms with Gasteiger partial charge in [-0.25, -0.2) is 13.8 Å². The number of halogens is 2. The van der Waals surface area contributed by atoms with Crippen LogP contribution in [-0.2, 0) is 13.0 Å². The summed E-state index contributed by atoms with van der Waals surface area (Å²) < 4.78 is 25.9. The number of hydrogen-bond acceptors (Lipinski definition) is 2. The van der Waals surface area contributed by atoms with E-state index in [1.165, 1.54) is 0 Å². The zero-order chi connectivity index (χ0) is 10.6. The van der Waals surface area contributed by atoms with Crippen LogP contribution in [0.3, 0.4) is 0 Å². The summed E-state index contributed by atoms with van der Waals surface area (Å²) in [6.45, 7) is 2.73. The summed E-state index contributed by atoms with van der Waals surface area (Å²) in [7, 11) is 0. The van der Waals surface area contributed by atoms with E-state index in [2.05, 4.69) is 4.98 Å². The average molecular weight is 204 g/mol. The third kappa shape index (κ3) is 2.77. The van der Waals surface area contributed by atoms with E-state index < -0.39 is 12.5 Å².